The lowest BCUT2D eigenvalue weighted by molar-refractivity contribution is -0.140. The second-order valence-electron chi connectivity index (χ2n) is 12.0. The summed E-state index contributed by atoms with van der Waals surface area (Å²) in [6.07, 6.45) is -2.43. The Morgan fingerprint density at radius 2 is 1.76 bits per heavy atom. The fourth-order valence-electron chi connectivity index (χ4n) is 5.89. The van der Waals surface area contributed by atoms with Crippen LogP contribution in [0.5, 0.6) is 0 Å². The van der Waals surface area contributed by atoms with Crippen molar-refractivity contribution in [3.05, 3.63) is 40.6 Å². The maximum atomic E-state index is 14.3. The van der Waals surface area contributed by atoms with Crippen LogP contribution < -0.4 is 11.1 Å². The van der Waals surface area contributed by atoms with Crippen molar-refractivity contribution in [3.63, 3.8) is 0 Å². The summed E-state index contributed by atoms with van der Waals surface area (Å²) >= 11 is -2.92. The van der Waals surface area contributed by atoms with Gasteiger partial charge >= 0.3 is 6.18 Å². The molecule has 2 fully saturated rings. The molecule has 1 aromatic heterocycles. The Morgan fingerprint density at radius 3 is 2.32 bits per heavy atom. The third-order valence-corrected chi connectivity index (χ3v) is 8.80. The lowest BCUT2D eigenvalue weighted by Crippen LogP contribution is -2.39. The van der Waals surface area contributed by atoms with Crippen LogP contribution in [0.1, 0.15) is 79.6 Å². The van der Waals surface area contributed by atoms with Crippen molar-refractivity contribution < 1.29 is 35.9 Å². The molecule has 2 heterocycles. The summed E-state index contributed by atoms with van der Waals surface area (Å²) in [7, 11) is 0. The molecule has 2 aromatic rings. The quantitative estimate of drug-likeness (QED) is 0.263. The molecular weight excluding hydrogens is 562 g/mol. The standard InChI is InChI=1S/C29H39F4N3O4S/c1-17-23(27(37)35-22-8-10-40-11-9-22)14-25(36(17)16-18-4-6-21(30)7-5-18)19-12-20(15-28(2,3)34)26(41(38)39)24(13-19)29(31,32)33/h12-14,18,21-22H,4-11,15-16,34H2,1-3H3,(H,35,37)(H,38,39). The summed E-state index contributed by atoms with van der Waals surface area (Å²) in [5, 5.41) is 3.03. The maximum absolute atomic E-state index is 14.3. The highest BCUT2D eigenvalue weighted by Crippen LogP contribution is 2.40. The van der Waals surface area contributed by atoms with Gasteiger partial charge in [-0.25, -0.2) is 8.60 Å². The molecule has 1 unspecified atom stereocenters. The molecule has 1 aromatic carbocycles. The molecule has 228 valence electrons. The number of halogens is 4. The number of nitrogens with zero attached hydrogens (tertiary/aromatic N) is 1. The second-order valence-corrected chi connectivity index (χ2v) is 12.9. The fourth-order valence-corrected chi connectivity index (χ4v) is 6.61. The molecule has 1 saturated heterocycles. The number of hydrogen-bond acceptors (Lipinski definition) is 4. The van der Waals surface area contributed by atoms with E-state index in [9.17, 15) is 31.1 Å². The van der Waals surface area contributed by atoms with Gasteiger partial charge in [-0.2, -0.15) is 13.2 Å². The van der Waals surface area contributed by atoms with Crippen molar-refractivity contribution in [2.24, 2.45) is 11.7 Å². The third kappa shape index (κ3) is 7.77. The largest absolute Gasteiger partial charge is 0.417 e. The first-order chi connectivity index (χ1) is 19.1. The Morgan fingerprint density at radius 1 is 1.12 bits per heavy atom. The number of nitrogens with two attached hydrogens (primary N) is 1. The number of alkyl halides is 4. The van der Waals surface area contributed by atoms with Crippen molar-refractivity contribution in [2.75, 3.05) is 13.2 Å². The normalized spacial score (nSPS) is 21.6. The van der Waals surface area contributed by atoms with E-state index in [0.717, 1.165) is 6.07 Å². The van der Waals surface area contributed by atoms with Crippen molar-refractivity contribution in [2.45, 2.75) is 101 Å². The molecular formula is C29H39F4N3O4S. The summed E-state index contributed by atoms with van der Waals surface area (Å²) in [6.45, 7) is 6.49. The zero-order valence-electron chi connectivity index (χ0n) is 23.7. The minimum Gasteiger partial charge on any atom is -0.381 e. The Kier molecular flexibility index (Phi) is 9.67. The highest BCUT2D eigenvalue weighted by atomic mass is 32.2. The Bertz CT molecular complexity index is 1270. The molecule has 12 heteroatoms. The van der Waals surface area contributed by atoms with Gasteiger partial charge in [0.05, 0.1) is 16.0 Å². The maximum Gasteiger partial charge on any atom is 0.417 e. The van der Waals surface area contributed by atoms with Crippen LogP contribution in [0.25, 0.3) is 11.3 Å². The average molecular weight is 602 g/mol. The first-order valence-electron chi connectivity index (χ1n) is 14.0. The number of hydrogen-bond donors (Lipinski definition) is 3. The van der Waals surface area contributed by atoms with Gasteiger partial charge in [-0.1, -0.05) is 0 Å². The minimum absolute atomic E-state index is 0.0136. The highest BCUT2D eigenvalue weighted by molar-refractivity contribution is 7.79. The van der Waals surface area contributed by atoms with E-state index in [0.29, 0.717) is 75.2 Å². The Balaban J connectivity index is 1.85. The van der Waals surface area contributed by atoms with E-state index in [-0.39, 0.29) is 35.4 Å². The van der Waals surface area contributed by atoms with Gasteiger partial charge in [0.15, 0.2) is 11.1 Å². The van der Waals surface area contributed by atoms with E-state index < -0.39 is 39.4 Å². The number of rotatable bonds is 8. The molecule has 4 rings (SSSR count). The number of amides is 1. The van der Waals surface area contributed by atoms with Gasteiger partial charge in [0.25, 0.3) is 5.91 Å². The van der Waals surface area contributed by atoms with Crippen LogP contribution in [0.15, 0.2) is 23.1 Å². The molecule has 1 atom stereocenters. The van der Waals surface area contributed by atoms with E-state index in [1.807, 2.05) is 4.57 Å². The fraction of sp³-hybridized carbons (Fsp3) is 0.621. The Hall–Kier alpha value is -2.28. The van der Waals surface area contributed by atoms with Gasteiger partial charge < -0.3 is 24.9 Å². The molecule has 1 saturated carbocycles. The summed E-state index contributed by atoms with van der Waals surface area (Å²) in [5.41, 5.74) is 5.47. The molecule has 0 bridgehead atoms. The van der Waals surface area contributed by atoms with Crippen LogP contribution in [0.4, 0.5) is 17.6 Å². The molecule has 1 amide bonds. The molecule has 0 spiro atoms. The van der Waals surface area contributed by atoms with Gasteiger partial charge in [-0.3, -0.25) is 4.79 Å². The SMILES string of the molecule is Cc1c(C(=O)NC2CCOCC2)cc(-c2cc(CC(C)(C)N)c(S(=O)O)c(C(F)(F)F)c2)n1CC1CCC(F)CC1. The van der Waals surface area contributed by atoms with Crippen molar-refractivity contribution >= 4 is 17.0 Å². The van der Waals surface area contributed by atoms with Gasteiger partial charge in [0, 0.05) is 42.7 Å². The van der Waals surface area contributed by atoms with Crippen LogP contribution in [-0.4, -0.2) is 50.2 Å². The predicted molar refractivity (Wildman–Crippen MR) is 149 cm³/mol. The topological polar surface area (TPSA) is 107 Å². The molecule has 1 aliphatic heterocycles. The summed E-state index contributed by atoms with van der Waals surface area (Å²) in [6, 6.07) is 3.86. The monoisotopic (exact) mass is 601 g/mol. The molecule has 41 heavy (non-hydrogen) atoms. The Labute approximate surface area is 240 Å². The van der Waals surface area contributed by atoms with E-state index in [1.165, 1.54) is 6.07 Å². The molecule has 0 radical (unpaired) electrons. The van der Waals surface area contributed by atoms with E-state index >= 15 is 0 Å². The highest BCUT2D eigenvalue weighted by Gasteiger charge is 2.38. The third-order valence-electron chi connectivity index (χ3n) is 7.97. The number of nitrogens with one attached hydrogen (secondary N) is 1. The van der Waals surface area contributed by atoms with Crippen molar-refractivity contribution in [3.8, 4) is 11.3 Å². The lowest BCUT2D eigenvalue weighted by atomic mass is 9.88. The summed E-state index contributed by atoms with van der Waals surface area (Å²) < 4.78 is 86.1. The van der Waals surface area contributed by atoms with E-state index in [2.05, 4.69) is 5.32 Å². The van der Waals surface area contributed by atoms with Crippen LogP contribution in [-0.2, 0) is 35.0 Å². The first kappa shape index (κ1) is 31.7. The lowest BCUT2D eigenvalue weighted by Gasteiger charge is -2.27. The van der Waals surface area contributed by atoms with Crippen LogP contribution in [0.2, 0.25) is 0 Å². The van der Waals surface area contributed by atoms with Crippen LogP contribution in [0, 0.1) is 12.8 Å². The van der Waals surface area contributed by atoms with Gasteiger partial charge in [0.1, 0.15) is 6.17 Å². The van der Waals surface area contributed by atoms with Gasteiger partial charge in [0.2, 0.25) is 0 Å². The number of aromatic nitrogens is 1. The average Bonchev–Trinajstić information content (AvgIpc) is 3.19. The number of ether oxygens (including phenoxy) is 1. The van der Waals surface area contributed by atoms with Crippen molar-refractivity contribution in [1.29, 1.82) is 0 Å². The first-order valence-corrected chi connectivity index (χ1v) is 15.1. The number of carbonyl (C=O) groups is 1. The molecule has 4 N–H and O–H groups in total. The molecule has 7 nitrogen and oxygen atoms in total. The zero-order chi connectivity index (χ0) is 30.1. The second kappa shape index (κ2) is 12.5. The minimum atomic E-state index is -4.91. The summed E-state index contributed by atoms with van der Waals surface area (Å²) in [5.74, 6) is -0.235. The number of carbonyl (C=O) groups excluding carboxylic acids is 1. The van der Waals surface area contributed by atoms with Crippen LogP contribution >= 0.6 is 0 Å². The van der Waals surface area contributed by atoms with E-state index in [1.54, 1.807) is 26.8 Å². The van der Waals surface area contributed by atoms with Crippen molar-refractivity contribution in [1.82, 2.24) is 9.88 Å². The molecule has 2 aliphatic rings. The smallest absolute Gasteiger partial charge is 0.381 e. The summed E-state index contributed by atoms with van der Waals surface area (Å²) in [4.78, 5) is 12.7. The van der Waals surface area contributed by atoms with Gasteiger partial charge in [-0.15, -0.1) is 0 Å². The predicted octanol–water partition coefficient (Wildman–Crippen LogP) is 5.78. The van der Waals surface area contributed by atoms with E-state index in [4.69, 9.17) is 10.5 Å². The van der Waals surface area contributed by atoms with Gasteiger partial charge in [-0.05, 0) is 101 Å². The number of benzene rings is 1. The zero-order valence-corrected chi connectivity index (χ0v) is 24.5. The van der Waals surface area contributed by atoms with Crippen LogP contribution in [0.3, 0.4) is 0 Å². The molecule has 1 aliphatic carbocycles.